The Labute approximate surface area is 121 Å². The molecular weight excluding hydrogens is 278 g/mol. The molecule has 2 N–H and O–H groups in total. The minimum Gasteiger partial charge on any atom is -0.495 e. The second-order valence-electron chi connectivity index (χ2n) is 5.22. The van der Waals surface area contributed by atoms with E-state index in [0.29, 0.717) is 18.0 Å². The van der Waals surface area contributed by atoms with Crippen LogP contribution in [0.2, 0.25) is 0 Å². The van der Waals surface area contributed by atoms with Gasteiger partial charge in [-0.25, -0.2) is 13.1 Å². The average Bonchev–Trinajstić information content (AvgIpc) is 2.43. The molecule has 0 saturated carbocycles. The quantitative estimate of drug-likeness (QED) is 0.804. The van der Waals surface area contributed by atoms with E-state index >= 15 is 0 Å². The van der Waals surface area contributed by atoms with Gasteiger partial charge in [0.05, 0.1) is 13.7 Å². The summed E-state index contributed by atoms with van der Waals surface area (Å²) < 4.78 is 32.3. The highest BCUT2D eigenvalue weighted by atomic mass is 32.2. The lowest BCUT2D eigenvalue weighted by molar-refractivity contribution is 0.280. The van der Waals surface area contributed by atoms with Crippen LogP contribution in [0.25, 0.3) is 0 Å². The molecule has 1 atom stereocenters. The van der Waals surface area contributed by atoms with Gasteiger partial charge in [0, 0.05) is 6.54 Å². The summed E-state index contributed by atoms with van der Waals surface area (Å²) in [5, 5.41) is 9.07. The predicted octanol–water partition coefficient (Wildman–Crippen LogP) is 1.76. The molecule has 1 aromatic rings. The molecule has 114 valence electrons. The molecule has 0 saturated heterocycles. The summed E-state index contributed by atoms with van der Waals surface area (Å²) >= 11 is 0. The van der Waals surface area contributed by atoms with Gasteiger partial charge in [0.2, 0.25) is 10.0 Å². The van der Waals surface area contributed by atoms with Gasteiger partial charge in [0.1, 0.15) is 10.6 Å². The fraction of sp³-hybridized carbons (Fsp3) is 0.571. The molecule has 0 aliphatic heterocycles. The maximum Gasteiger partial charge on any atom is 0.244 e. The van der Waals surface area contributed by atoms with E-state index in [9.17, 15) is 8.42 Å². The van der Waals surface area contributed by atoms with Crippen LogP contribution in [-0.4, -0.2) is 27.2 Å². The molecule has 1 aromatic carbocycles. The maximum atomic E-state index is 12.3. The Morgan fingerprint density at radius 3 is 2.45 bits per heavy atom. The molecule has 0 spiro atoms. The molecule has 5 nitrogen and oxygen atoms in total. The predicted molar refractivity (Wildman–Crippen MR) is 78.1 cm³/mol. The highest BCUT2D eigenvalue weighted by Crippen LogP contribution is 2.25. The Kier molecular flexibility index (Phi) is 5.98. The van der Waals surface area contributed by atoms with Gasteiger partial charge < -0.3 is 9.84 Å². The molecule has 0 aromatic heterocycles. The van der Waals surface area contributed by atoms with Crippen LogP contribution in [0.3, 0.4) is 0 Å². The summed E-state index contributed by atoms with van der Waals surface area (Å²) in [4.78, 5) is 0.0909. The van der Waals surface area contributed by atoms with Crippen molar-refractivity contribution in [2.75, 3.05) is 13.7 Å². The van der Waals surface area contributed by atoms with Gasteiger partial charge in [-0.05, 0) is 29.5 Å². The van der Waals surface area contributed by atoms with Crippen molar-refractivity contribution in [3.8, 4) is 5.75 Å². The number of methoxy groups -OCH3 is 1. The van der Waals surface area contributed by atoms with Crippen LogP contribution in [0, 0.1) is 11.8 Å². The number of hydrogen-bond donors (Lipinski definition) is 2. The number of aliphatic hydroxyl groups is 1. The van der Waals surface area contributed by atoms with Gasteiger partial charge in [0.25, 0.3) is 0 Å². The van der Waals surface area contributed by atoms with Gasteiger partial charge in [-0.3, -0.25) is 0 Å². The Balaban J connectivity index is 2.97. The third kappa shape index (κ3) is 4.19. The first-order valence-electron chi connectivity index (χ1n) is 6.59. The second kappa shape index (κ2) is 7.06. The third-order valence-corrected chi connectivity index (χ3v) is 4.90. The van der Waals surface area contributed by atoms with E-state index in [1.54, 1.807) is 6.07 Å². The molecule has 0 fully saturated rings. The fourth-order valence-electron chi connectivity index (χ4n) is 1.59. The van der Waals surface area contributed by atoms with E-state index in [1.807, 2.05) is 6.92 Å². The maximum absolute atomic E-state index is 12.3. The van der Waals surface area contributed by atoms with Crippen molar-refractivity contribution in [2.24, 2.45) is 11.8 Å². The van der Waals surface area contributed by atoms with Crippen LogP contribution in [-0.2, 0) is 16.6 Å². The Hall–Kier alpha value is -1.11. The average molecular weight is 301 g/mol. The number of ether oxygens (including phenoxy) is 1. The second-order valence-corrected chi connectivity index (χ2v) is 6.95. The zero-order valence-corrected chi connectivity index (χ0v) is 13.2. The van der Waals surface area contributed by atoms with Crippen molar-refractivity contribution < 1.29 is 18.3 Å². The smallest absolute Gasteiger partial charge is 0.244 e. The van der Waals surface area contributed by atoms with E-state index in [4.69, 9.17) is 9.84 Å². The van der Waals surface area contributed by atoms with Gasteiger partial charge in [-0.15, -0.1) is 0 Å². The molecule has 0 bridgehead atoms. The Morgan fingerprint density at radius 2 is 1.95 bits per heavy atom. The molecule has 0 amide bonds. The first-order valence-corrected chi connectivity index (χ1v) is 8.07. The summed E-state index contributed by atoms with van der Waals surface area (Å²) in [5.41, 5.74) is 0.608. The van der Waals surface area contributed by atoms with Crippen molar-refractivity contribution in [3.05, 3.63) is 23.8 Å². The van der Waals surface area contributed by atoms with Crippen LogP contribution < -0.4 is 9.46 Å². The first-order chi connectivity index (χ1) is 9.31. The van der Waals surface area contributed by atoms with Crippen molar-refractivity contribution in [1.29, 1.82) is 0 Å². The summed E-state index contributed by atoms with van der Waals surface area (Å²) in [6.45, 7) is 6.32. The summed E-state index contributed by atoms with van der Waals surface area (Å²) in [7, 11) is -2.20. The van der Waals surface area contributed by atoms with E-state index in [0.717, 1.165) is 0 Å². The summed E-state index contributed by atoms with van der Waals surface area (Å²) in [6, 6.07) is 4.55. The molecular formula is C14H23NO4S. The van der Waals surface area contributed by atoms with Gasteiger partial charge >= 0.3 is 0 Å². The number of sulfonamides is 1. The lowest BCUT2D eigenvalue weighted by Crippen LogP contribution is -2.30. The highest BCUT2D eigenvalue weighted by Gasteiger charge is 2.21. The van der Waals surface area contributed by atoms with Crippen LogP contribution in [0.4, 0.5) is 0 Å². The van der Waals surface area contributed by atoms with Gasteiger partial charge in [0.15, 0.2) is 0 Å². The molecule has 0 heterocycles. The standard InChI is InChI=1S/C14H23NO4S/c1-10(2)11(3)8-15-20(17,18)14-6-5-12(9-16)7-13(14)19-4/h5-7,10-11,15-16H,8-9H2,1-4H3. The van der Waals surface area contributed by atoms with Crippen LogP contribution in [0.15, 0.2) is 23.1 Å². The third-order valence-electron chi connectivity index (χ3n) is 3.43. The molecule has 0 aliphatic rings. The molecule has 20 heavy (non-hydrogen) atoms. The molecule has 0 aliphatic carbocycles. The minimum absolute atomic E-state index is 0.0909. The number of nitrogens with one attached hydrogen (secondary N) is 1. The van der Waals surface area contributed by atoms with E-state index < -0.39 is 10.0 Å². The molecule has 1 rings (SSSR count). The SMILES string of the molecule is COc1cc(CO)ccc1S(=O)(=O)NCC(C)C(C)C. The van der Waals surface area contributed by atoms with Crippen LogP contribution in [0.1, 0.15) is 26.3 Å². The number of hydrogen-bond acceptors (Lipinski definition) is 4. The van der Waals surface area contributed by atoms with Crippen molar-refractivity contribution in [1.82, 2.24) is 4.72 Å². The number of aliphatic hydroxyl groups excluding tert-OH is 1. The van der Waals surface area contributed by atoms with Crippen LogP contribution >= 0.6 is 0 Å². The largest absolute Gasteiger partial charge is 0.495 e. The van der Waals surface area contributed by atoms with Crippen molar-refractivity contribution in [2.45, 2.75) is 32.3 Å². The lowest BCUT2D eigenvalue weighted by atomic mass is 9.99. The number of rotatable bonds is 7. The highest BCUT2D eigenvalue weighted by molar-refractivity contribution is 7.89. The summed E-state index contributed by atoms with van der Waals surface area (Å²) in [6.07, 6.45) is 0. The summed E-state index contributed by atoms with van der Waals surface area (Å²) in [5.74, 6) is 0.880. The van der Waals surface area contributed by atoms with Crippen molar-refractivity contribution >= 4 is 10.0 Å². The van der Waals surface area contributed by atoms with E-state index in [2.05, 4.69) is 18.6 Å². The van der Waals surface area contributed by atoms with Gasteiger partial charge in [-0.1, -0.05) is 26.8 Å². The lowest BCUT2D eigenvalue weighted by Gasteiger charge is -2.17. The minimum atomic E-state index is -3.61. The number of benzene rings is 1. The first kappa shape index (κ1) is 16.9. The topological polar surface area (TPSA) is 75.6 Å². The molecule has 1 unspecified atom stereocenters. The van der Waals surface area contributed by atoms with Crippen LogP contribution in [0.5, 0.6) is 5.75 Å². The normalized spacial score (nSPS) is 13.5. The Bertz CT molecular complexity index is 540. The van der Waals surface area contributed by atoms with Gasteiger partial charge in [-0.2, -0.15) is 0 Å². The van der Waals surface area contributed by atoms with E-state index in [1.165, 1.54) is 19.2 Å². The molecule has 0 radical (unpaired) electrons. The monoisotopic (exact) mass is 301 g/mol. The van der Waals surface area contributed by atoms with E-state index in [-0.39, 0.29) is 23.2 Å². The zero-order chi connectivity index (χ0) is 15.3. The van der Waals surface area contributed by atoms with Crippen molar-refractivity contribution in [3.63, 3.8) is 0 Å². The zero-order valence-electron chi connectivity index (χ0n) is 12.4. The Morgan fingerprint density at radius 1 is 1.30 bits per heavy atom. The fourth-order valence-corrected chi connectivity index (χ4v) is 2.88. The molecule has 6 heteroatoms.